The van der Waals surface area contributed by atoms with Crippen LogP contribution in [-0.2, 0) is 6.54 Å². The number of nitrogens with zero attached hydrogens (tertiary/aromatic N) is 3. The number of aryl methyl sites for hydroxylation is 1. The molecule has 3 rings (SSSR count). The molecule has 136 valence electrons. The van der Waals surface area contributed by atoms with Crippen LogP contribution in [0.25, 0.3) is 0 Å². The van der Waals surface area contributed by atoms with Crippen LogP contribution in [0, 0.1) is 17.0 Å². The molecule has 1 amide bonds. The molecule has 0 spiro atoms. The average molecular weight is 418 g/mol. The second-order valence-electron chi connectivity index (χ2n) is 6.45. The van der Waals surface area contributed by atoms with Crippen molar-refractivity contribution in [1.82, 2.24) is 9.80 Å². The molecule has 0 aromatic heterocycles. The normalized spacial score (nSPS) is 15.1. The van der Waals surface area contributed by atoms with Crippen molar-refractivity contribution in [2.75, 3.05) is 26.2 Å². The largest absolute Gasteiger partial charge is 0.336 e. The van der Waals surface area contributed by atoms with Crippen molar-refractivity contribution in [3.63, 3.8) is 0 Å². The Hall–Kier alpha value is -2.25. The van der Waals surface area contributed by atoms with E-state index < -0.39 is 0 Å². The highest BCUT2D eigenvalue weighted by atomic mass is 79.9. The minimum absolute atomic E-state index is 0.0602. The molecule has 0 unspecified atom stereocenters. The summed E-state index contributed by atoms with van der Waals surface area (Å²) in [6.07, 6.45) is 0. The van der Waals surface area contributed by atoms with E-state index in [-0.39, 0.29) is 16.5 Å². The Labute approximate surface area is 160 Å². The van der Waals surface area contributed by atoms with E-state index in [1.165, 1.54) is 6.07 Å². The van der Waals surface area contributed by atoms with Crippen LogP contribution in [0.15, 0.2) is 46.9 Å². The maximum atomic E-state index is 12.7. The Morgan fingerprint density at radius 1 is 1.15 bits per heavy atom. The number of carbonyl (C=O) groups excluding carboxylic acids is 1. The van der Waals surface area contributed by atoms with Gasteiger partial charge in [0.2, 0.25) is 0 Å². The molecule has 1 fully saturated rings. The van der Waals surface area contributed by atoms with E-state index in [2.05, 4.69) is 20.8 Å². The zero-order chi connectivity index (χ0) is 18.7. The first-order valence-electron chi connectivity index (χ1n) is 8.45. The predicted octanol–water partition coefficient (Wildman–Crippen LogP) is 3.62. The lowest BCUT2D eigenvalue weighted by atomic mass is 10.1. The monoisotopic (exact) mass is 417 g/mol. The fourth-order valence-corrected chi connectivity index (χ4v) is 3.65. The summed E-state index contributed by atoms with van der Waals surface area (Å²) in [5.41, 5.74) is 2.73. The van der Waals surface area contributed by atoms with Crippen LogP contribution in [0.1, 0.15) is 21.5 Å². The molecule has 0 bridgehead atoms. The third kappa shape index (κ3) is 4.28. The fraction of sp³-hybridized carbons (Fsp3) is 0.316. The van der Waals surface area contributed by atoms with E-state index >= 15 is 0 Å². The number of non-ortho nitro benzene ring substituents is 1. The van der Waals surface area contributed by atoms with Gasteiger partial charge in [-0.25, -0.2) is 0 Å². The van der Waals surface area contributed by atoms with Gasteiger partial charge in [-0.1, -0.05) is 28.1 Å². The molecule has 2 aromatic rings. The van der Waals surface area contributed by atoms with Crippen LogP contribution in [0.2, 0.25) is 0 Å². The lowest BCUT2D eigenvalue weighted by Gasteiger charge is -2.35. The van der Waals surface area contributed by atoms with Crippen LogP contribution in [0.3, 0.4) is 0 Å². The Morgan fingerprint density at radius 3 is 2.54 bits per heavy atom. The molecule has 0 N–H and O–H groups in total. The van der Waals surface area contributed by atoms with Gasteiger partial charge in [0.25, 0.3) is 11.6 Å². The minimum atomic E-state index is -0.374. The highest BCUT2D eigenvalue weighted by Gasteiger charge is 2.23. The van der Waals surface area contributed by atoms with Crippen LogP contribution in [0.4, 0.5) is 5.69 Å². The van der Waals surface area contributed by atoms with Crippen LogP contribution >= 0.6 is 15.9 Å². The van der Waals surface area contributed by atoms with Crippen molar-refractivity contribution in [1.29, 1.82) is 0 Å². The average Bonchev–Trinajstić information content (AvgIpc) is 2.62. The van der Waals surface area contributed by atoms with Crippen molar-refractivity contribution < 1.29 is 9.72 Å². The lowest BCUT2D eigenvalue weighted by molar-refractivity contribution is -0.384. The van der Waals surface area contributed by atoms with E-state index in [0.29, 0.717) is 19.6 Å². The molecule has 0 radical (unpaired) electrons. The molecule has 2 aromatic carbocycles. The first-order chi connectivity index (χ1) is 12.4. The maximum Gasteiger partial charge on any atom is 0.269 e. The van der Waals surface area contributed by atoms with Crippen molar-refractivity contribution in [3.05, 3.63) is 73.7 Å². The predicted molar refractivity (Wildman–Crippen MR) is 103 cm³/mol. The van der Waals surface area contributed by atoms with Crippen LogP contribution in [-0.4, -0.2) is 46.8 Å². The number of rotatable bonds is 4. The Balaban J connectivity index is 1.59. The first-order valence-corrected chi connectivity index (χ1v) is 9.24. The fourth-order valence-electron chi connectivity index (χ4n) is 3.17. The molecule has 0 saturated carbocycles. The second-order valence-corrected chi connectivity index (χ2v) is 7.37. The van der Waals surface area contributed by atoms with Gasteiger partial charge in [0.15, 0.2) is 0 Å². The number of halogens is 1. The second kappa shape index (κ2) is 7.97. The number of hydrogen-bond donors (Lipinski definition) is 0. The third-order valence-electron chi connectivity index (χ3n) is 4.61. The molecular weight excluding hydrogens is 398 g/mol. The van der Waals surface area contributed by atoms with Crippen molar-refractivity contribution in [2.45, 2.75) is 13.5 Å². The Morgan fingerprint density at radius 2 is 1.88 bits per heavy atom. The quantitative estimate of drug-likeness (QED) is 0.562. The van der Waals surface area contributed by atoms with E-state index in [0.717, 1.165) is 34.3 Å². The van der Waals surface area contributed by atoms with Gasteiger partial charge in [-0.3, -0.25) is 19.8 Å². The first kappa shape index (κ1) is 18.5. The molecule has 1 saturated heterocycles. The van der Waals surface area contributed by atoms with Gasteiger partial charge in [-0.2, -0.15) is 0 Å². The zero-order valence-corrected chi connectivity index (χ0v) is 16.1. The standard InChI is InChI=1S/C19H20BrN3O3/c1-14-11-16(20)5-6-18(14)19(24)22-9-7-21(8-10-22)13-15-3-2-4-17(12-15)23(25)26/h2-6,11-12H,7-10,13H2,1H3. The summed E-state index contributed by atoms with van der Waals surface area (Å²) in [5.74, 6) is 0.0602. The number of nitro groups is 1. The van der Waals surface area contributed by atoms with E-state index in [9.17, 15) is 14.9 Å². The minimum Gasteiger partial charge on any atom is -0.336 e. The Kier molecular flexibility index (Phi) is 5.68. The Bertz CT molecular complexity index is 833. The number of benzene rings is 2. The van der Waals surface area contributed by atoms with Gasteiger partial charge in [-0.15, -0.1) is 0 Å². The number of hydrogen-bond acceptors (Lipinski definition) is 4. The highest BCUT2D eigenvalue weighted by molar-refractivity contribution is 9.10. The summed E-state index contributed by atoms with van der Waals surface area (Å²) in [5, 5.41) is 10.9. The van der Waals surface area contributed by atoms with Gasteiger partial charge in [0.05, 0.1) is 4.92 Å². The molecule has 7 heteroatoms. The van der Waals surface area contributed by atoms with Gasteiger partial charge in [0, 0.05) is 54.9 Å². The zero-order valence-electron chi connectivity index (χ0n) is 14.5. The third-order valence-corrected chi connectivity index (χ3v) is 5.10. The van der Waals surface area contributed by atoms with Gasteiger partial charge >= 0.3 is 0 Å². The molecule has 1 aliphatic rings. The SMILES string of the molecule is Cc1cc(Br)ccc1C(=O)N1CCN(Cc2cccc([N+](=O)[O-])c2)CC1. The topological polar surface area (TPSA) is 66.7 Å². The summed E-state index contributed by atoms with van der Waals surface area (Å²) >= 11 is 3.42. The molecule has 1 aliphatic heterocycles. The number of piperazine rings is 1. The van der Waals surface area contributed by atoms with Gasteiger partial charge in [-0.05, 0) is 36.2 Å². The van der Waals surface area contributed by atoms with Crippen molar-refractivity contribution in [3.8, 4) is 0 Å². The molecule has 0 atom stereocenters. The van der Waals surface area contributed by atoms with E-state index in [1.807, 2.05) is 36.1 Å². The molecule has 26 heavy (non-hydrogen) atoms. The molecular formula is C19H20BrN3O3. The molecule has 1 heterocycles. The summed E-state index contributed by atoms with van der Waals surface area (Å²) in [7, 11) is 0. The van der Waals surface area contributed by atoms with Crippen LogP contribution < -0.4 is 0 Å². The molecule has 0 aliphatic carbocycles. The van der Waals surface area contributed by atoms with Crippen molar-refractivity contribution in [2.24, 2.45) is 0 Å². The van der Waals surface area contributed by atoms with E-state index in [4.69, 9.17) is 0 Å². The van der Waals surface area contributed by atoms with Gasteiger partial charge < -0.3 is 4.90 Å². The van der Waals surface area contributed by atoms with Gasteiger partial charge in [0.1, 0.15) is 0 Å². The summed E-state index contributed by atoms with van der Waals surface area (Å²) < 4.78 is 0.966. The number of carbonyl (C=O) groups is 1. The maximum absolute atomic E-state index is 12.7. The number of nitro benzene ring substituents is 1. The van der Waals surface area contributed by atoms with Crippen molar-refractivity contribution >= 4 is 27.5 Å². The van der Waals surface area contributed by atoms with E-state index in [1.54, 1.807) is 12.1 Å². The van der Waals surface area contributed by atoms with Crippen LogP contribution in [0.5, 0.6) is 0 Å². The smallest absolute Gasteiger partial charge is 0.269 e. The molecule has 6 nitrogen and oxygen atoms in total. The summed E-state index contributed by atoms with van der Waals surface area (Å²) in [4.78, 5) is 27.3. The number of amides is 1. The summed E-state index contributed by atoms with van der Waals surface area (Å²) in [6.45, 7) is 5.41. The lowest BCUT2D eigenvalue weighted by Crippen LogP contribution is -2.48. The highest BCUT2D eigenvalue weighted by Crippen LogP contribution is 2.19. The summed E-state index contributed by atoms with van der Waals surface area (Å²) in [6, 6.07) is 12.4.